The van der Waals surface area contributed by atoms with Gasteiger partial charge in [-0.3, -0.25) is 8.94 Å². The maximum Gasteiger partial charge on any atom is 0.435 e. The Hall–Kier alpha value is -1.36. The quantitative estimate of drug-likeness (QED) is 0.189. The highest BCUT2D eigenvalue weighted by Crippen LogP contribution is 2.31. The van der Waals surface area contributed by atoms with Crippen LogP contribution >= 0.6 is 0 Å². The summed E-state index contributed by atoms with van der Waals surface area (Å²) < 4.78 is 202. The molecule has 23 heteroatoms. The van der Waals surface area contributed by atoms with Crippen molar-refractivity contribution in [1.29, 1.82) is 0 Å². The van der Waals surface area contributed by atoms with E-state index in [2.05, 4.69) is 9.68 Å². The van der Waals surface area contributed by atoms with Crippen LogP contribution in [0.1, 0.15) is 35.6 Å². The topological polar surface area (TPSA) is 72.8 Å². The molecule has 0 aromatic heterocycles. The number of ether oxygens (including phenoxy) is 1. The predicted octanol–water partition coefficient (Wildman–Crippen LogP) is 9.17. The molecular formula is C14H33F17O5S. The Balaban J connectivity index is -0.0000000250. The molecular weight excluding hydrogens is 603 g/mol. The molecule has 1 N–H and O–H groups in total. The second-order valence-corrected chi connectivity index (χ2v) is 3.72. The molecule has 0 aliphatic carbocycles. The number of halogens is 17. The Bertz CT molecular complexity index is 373. The zero-order chi connectivity index (χ0) is 29.9. The summed E-state index contributed by atoms with van der Waals surface area (Å²) in [6.07, 6.45) is -11.2. The van der Waals surface area contributed by atoms with E-state index in [0.717, 1.165) is 0 Å². The van der Waals surface area contributed by atoms with Crippen LogP contribution < -0.4 is 0 Å². The summed E-state index contributed by atoms with van der Waals surface area (Å²) in [6, 6.07) is 0. The van der Waals surface area contributed by atoms with Gasteiger partial charge in [-0.2, -0.15) is 35.3 Å². The number of hydrogen-bond acceptors (Lipinski definition) is 4. The van der Waals surface area contributed by atoms with Crippen LogP contribution in [0.3, 0.4) is 0 Å². The van der Waals surface area contributed by atoms with Gasteiger partial charge in [0.15, 0.2) is 0 Å². The zero-order valence-corrected chi connectivity index (χ0v) is 17.7. The average Bonchev–Trinajstić information content (AvgIpc) is 2.63. The first-order valence-corrected chi connectivity index (χ1v) is 8.09. The summed E-state index contributed by atoms with van der Waals surface area (Å²) in [4.78, 5) is 2.38. The summed E-state index contributed by atoms with van der Waals surface area (Å²) >= 11 is 0. The fraction of sp³-hybridized carbons (Fsp3) is 1.00. The normalized spacial score (nSPS) is 8.54. The van der Waals surface area contributed by atoms with Crippen LogP contribution in [0, 0.1) is 0 Å². The van der Waals surface area contributed by atoms with Gasteiger partial charge in [0.05, 0.1) is 13.8 Å². The highest BCUT2D eigenvalue weighted by molar-refractivity contribution is 7.80. The highest BCUT2D eigenvalue weighted by Gasteiger charge is 2.44. The lowest BCUT2D eigenvalue weighted by Crippen LogP contribution is -2.28. The molecule has 0 fully saturated rings. The maximum absolute atomic E-state index is 12.0. The van der Waals surface area contributed by atoms with Crippen molar-refractivity contribution in [3.8, 4) is 0 Å². The van der Waals surface area contributed by atoms with Crippen LogP contribution in [-0.2, 0) is 20.2 Å². The average molecular weight is 636 g/mol. The molecule has 0 heterocycles. The smallest absolute Gasteiger partial charge is 0.321 e. The molecule has 0 saturated carbocycles. The summed E-state index contributed by atoms with van der Waals surface area (Å²) in [6.45, 7) is -7.59. The predicted molar refractivity (Wildman–Crippen MR) is 104 cm³/mol. The highest BCUT2D eigenvalue weighted by atomic mass is 32.3. The molecule has 0 aromatic rings. The van der Waals surface area contributed by atoms with Gasteiger partial charge in [0, 0.05) is 0 Å². The van der Waals surface area contributed by atoms with Gasteiger partial charge in [0.2, 0.25) is 34.6 Å². The molecule has 0 bridgehead atoms. The van der Waals surface area contributed by atoms with Gasteiger partial charge < -0.3 is 4.74 Å². The van der Waals surface area contributed by atoms with Crippen molar-refractivity contribution in [3.05, 3.63) is 0 Å². The second-order valence-electron chi connectivity index (χ2n) is 2.90. The van der Waals surface area contributed by atoms with Crippen LogP contribution in [0.4, 0.5) is 74.3 Å². The van der Waals surface area contributed by atoms with E-state index in [-0.39, 0.29) is 22.3 Å². The van der Waals surface area contributed by atoms with E-state index in [9.17, 15) is 74.3 Å². The Morgan fingerprint density at radius 3 is 0.946 bits per heavy atom. The lowest BCUT2D eigenvalue weighted by Gasteiger charge is -2.16. The van der Waals surface area contributed by atoms with Crippen LogP contribution in [0.15, 0.2) is 0 Å². The first-order chi connectivity index (χ1) is 15.3. The van der Waals surface area contributed by atoms with Crippen molar-refractivity contribution in [2.45, 2.75) is 47.9 Å². The van der Waals surface area contributed by atoms with E-state index in [1.165, 1.54) is 6.92 Å². The SMILES string of the molecule is C.C.C.CCOC(F)(F)CC(F)(F)F.CF.FCF.FCF.FCF.FCF.FCOF.O=S(=O)(O)F. The minimum atomic E-state index is -5.17. The van der Waals surface area contributed by atoms with Crippen molar-refractivity contribution < 1.29 is 96.9 Å². The molecule has 5 nitrogen and oxygen atoms in total. The molecule has 0 radical (unpaired) electrons. The molecule has 0 unspecified atom stereocenters. The minimum absolute atomic E-state index is 0. The standard InChI is InChI=1S/C5H7F5O.CH2F2O.4CH2F2.CH3F.3CH4.FHO3S/c1-2-11-5(9,10)3-4(6,7)8;2-1-4-3;4*2-1-3;1-2;;;;1-5(2,3)4/h2-3H2,1H3;1H2;4*1H2;1H3;3*1H4;(H,2,3,4). The third kappa shape index (κ3) is 397. The Kier molecular flexibility index (Phi) is 114. The van der Waals surface area contributed by atoms with Gasteiger partial charge in [0.1, 0.15) is 6.42 Å². The molecule has 0 rings (SSSR count). The monoisotopic (exact) mass is 636 g/mol. The van der Waals surface area contributed by atoms with E-state index in [1.807, 2.05) is 0 Å². The second kappa shape index (κ2) is 59.6. The van der Waals surface area contributed by atoms with E-state index in [4.69, 9.17) is 13.0 Å². The largest absolute Gasteiger partial charge is 0.435 e. The molecule has 0 aliphatic rings. The lowest BCUT2D eigenvalue weighted by molar-refractivity contribution is -0.290. The van der Waals surface area contributed by atoms with Crippen LogP contribution in [0.5, 0.6) is 0 Å². The molecule has 0 saturated heterocycles. The van der Waals surface area contributed by atoms with Crippen LogP contribution in [-0.4, -0.2) is 73.6 Å². The minimum Gasteiger partial charge on any atom is -0.321 e. The third-order valence-electron chi connectivity index (χ3n) is 0.803. The van der Waals surface area contributed by atoms with Crippen molar-refractivity contribution in [1.82, 2.24) is 0 Å². The van der Waals surface area contributed by atoms with Gasteiger partial charge in [-0.15, -0.1) is 0 Å². The summed E-state index contributed by atoms with van der Waals surface area (Å²) in [5.41, 5.74) is 0. The van der Waals surface area contributed by atoms with Crippen LogP contribution in [0.25, 0.3) is 0 Å². The number of alkyl halides is 15. The fourth-order valence-electron chi connectivity index (χ4n) is 0.496. The molecule has 0 atom stereocenters. The molecule has 37 heavy (non-hydrogen) atoms. The number of rotatable bonds is 4. The summed E-state index contributed by atoms with van der Waals surface area (Å²) in [7, 11) is -4.67. The van der Waals surface area contributed by atoms with Crippen molar-refractivity contribution in [2.75, 3.05) is 48.4 Å². The maximum atomic E-state index is 12.0. The summed E-state index contributed by atoms with van der Waals surface area (Å²) in [5, 5.41) is 0. The van der Waals surface area contributed by atoms with E-state index < -0.39 is 70.4 Å². The first kappa shape index (κ1) is 70.4. The molecule has 0 spiro atoms. The number of hydrogen-bond donors (Lipinski definition) is 1. The van der Waals surface area contributed by atoms with Gasteiger partial charge in [-0.1, -0.05) is 26.2 Å². The van der Waals surface area contributed by atoms with Gasteiger partial charge in [-0.25, -0.2) is 39.5 Å². The van der Waals surface area contributed by atoms with Gasteiger partial charge in [-0.05, 0) is 11.4 Å². The van der Waals surface area contributed by atoms with Crippen molar-refractivity contribution in [3.63, 3.8) is 0 Å². The van der Waals surface area contributed by atoms with Crippen molar-refractivity contribution >= 4 is 10.5 Å². The van der Waals surface area contributed by atoms with E-state index in [1.54, 1.807) is 0 Å². The zero-order valence-electron chi connectivity index (χ0n) is 16.9. The first-order valence-electron chi connectivity index (χ1n) is 6.75. The van der Waals surface area contributed by atoms with Gasteiger partial charge in [0.25, 0.3) is 0 Å². The summed E-state index contributed by atoms with van der Waals surface area (Å²) in [5.74, 6) is 0. The molecule has 0 aliphatic heterocycles. The Morgan fingerprint density at radius 2 is 0.865 bits per heavy atom. The molecule has 0 aromatic carbocycles. The Morgan fingerprint density at radius 1 is 0.703 bits per heavy atom. The molecule has 244 valence electrons. The van der Waals surface area contributed by atoms with Gasteiger partial charge >= 0.3 is 22.8 Å². The van der Waals surface area contributed by atoms with Crippen molar-refractivity contribution in [2.24, 2.45) is 0 Å². The third-order valence-corrected chi connectivity index (χ3v) is 0.803. The van der Waals surface area contributed by atoms with E-state index in [0.29, 0.717) is 7.18 Å². The van der Waals surface area contributed by atoms with E-state index >= 15 is 0 Å². The lowest BCUT2D eigenvalue weighted by atomic mass is 10.4. The molecule has 0 amide bonds. The Labute approximate surface area is 204 Å². The fourth-order valence-corrected chi connectivity index (χ4v) is 0.496. The van der Waals surface area contributed by atoms with Crippen LogP contribution in [0.2, 0.25) is 0 Å².